The largest absolute Gasteiger partial charge is 0.351 e. The van der Waals surface area contributed by atoms with Crippen molar-refractivity contribution in [2.75, 3.05) is 14.2 Å². The molecule has 0 amide bonds. The van der Waals surface area contributed by atoms with Crippen LogP contribution < -0.4 is 0 Å². The molecule has 0 aromatic heterocycles. The summed E-state index contributed by atoms with van der Waals surface area (Å²) < 4.78 is 23.8. The van der Waals surface area contributed by atoms with E-state index in [0.717, 1.165) is 19.3 Å². The fraction of sp³-hybridized carbons (Fsp3) is 1.00. The fourth-order valence-corrected chi connectivity index (χ4v) is 1.79. The Balaban J connectivity index is 2.66. The SMILES string of the molecule is COC1(OC)CCCCC[C@H]1F. The van der Waals surface area contributed by atoms with Crippen LogP contribution in [0.4, 0.5) is 4.39 Å². The van der Waals surface area contributed by atoms with Crippen molar-refractivity contribution < 1.29 is 13.9 Å². The second-order valence-electron chi connectivity index (χ2n) is 3.29. The summed E-state index contributed by atoms with van der Waals surface area (Å²) in [5, 5.41) is 0. The van der Waals surface area contributed by atoms with E-state index in [4.69, 9.17) is 9.47 Å². The van der Waals surface area contributed by atoms with Crippen LogP contribution in [0.25, 0.3) is 0 Å². The average molecular weight is 176 g/mol. The minimum absolute atomic E-state index is 0.557. The Morgan fingerprint density at radius 3 is 2.42 bits per heavy atom. The zero-order valence-electron chi connectivity index (χ0n) is 7.81. The van der Waals surface area contributed by atoms with Crippen molar-refractivity contribution in [1.82, 2.24) is 0 Å². The second-order valence-corrected chi connectivity index (χ2v) is 3.29. The Morgan fingerprint density at radius 1 is 1.17 bits per heavy atom. The standard InChI is InChI=1S/C9H17FO2/c1-11-9(12-2)7-5-3-4-6-8(9)10/h8H,3-7H2,1-2H3/t8-/m1/s1. The first kappa shape index (κ1) is 9.93. The minimum atomic E-state index is -0.977. The third kappa shape index (κ3) is 1.77. The monoisotopic (exact) mass is 176 g/mol. The lowest BCUT2D eigenvalue weighted by Gasteiger charge is -2.32. The molecule has 0 unspecified atom stereocenters. The van der Waals surface area contributed by atoms with Crippen molar-refractivity contribution in [3.63, 3.8) is 0 Å². The normalized spacial score (nSPS) is 29.8. The Morgan fingerprint density at radius 2 is 1.83 bits per heavy atom. The van der Waals surface area contributed by atoms with E-state index in [-0.39, 0.29) is 0 Å². The summed E-state index contributed by atoms with van der Waals surface area (Å²) in [4.78, 5) is 0. The van der Waals surface area contributed by atoms with Crippen LogP contribution in [0.2, 0.25) is 0 Å². The lowest BCUT2D eigenvalue weighted by molar-refractivity contribution is -0.245. The van der Waals surface area contributed by atoms with Gasteiger partial charge in [0.25, 0.3) is 0 Å². The second kappa shape index (κ2) is 4.19. The molecule has 0 bridgehead atoms. The molecule has 0 radical (unpaired) electrons. The minimum Gasteiger partial charge on any atom is -0.351 e. The van der Waals surface area contributed by atoms with Crippen molar-refractivity contribution in [3.05, 3.63) is 0 Å². The fourth-order valence-electron chi connectivity index (χ4n) is 1.79. The van der Waals surface area contributed by atoms with Crippen molar-refractivity contribution >= 4 is 0 Å². The highest BCUT2D eigenvalue weighted by Crippen LogP contribution is 2.32. The van der Waals surface area contributed by atoms with Crippen LogP contribution in [-0.2, 0) is 9.47 Å². The zero-order valence-corrected chi connectivity index (χ0v) is 7.81. The predicted molar refractivity (Wildman–Crippen MR) is 44.7 cm³/mol. The van der Waals surface area contributed by atoms with Gasteiger partial charge in [-0.3, -0.25) is 0 Å². The maximum Gasteiger partial charge on any atom is 0.199 e. The number of halogens is 1. The number of ether oxygens (including phenoxy) is 2. The first-order valence-corrected chi connectivity index (χ1v) is 4.49. The van der Waals surface area contributed by atoms with Gasteiger partial charge < -0.3 is 9.47 Å². The van der Waals surface area contributed by atoms with Crippen molar-refractivity contribution in [3.8, 4) is 0 Å². The van der Waals surface area contributed by atoms with Gasteiger partial charge in [0.15, 0.2) is 12.0 Å². The summed E-state index contributed by atoms with van der Waals surface area (Å²) in [6.45, 7) is 0. The first-order chi connectivity index (χ1) is 5.75. The van der Waals surface area contributed by atoms with Gasteiger partial charge >= 0.3 is 0 Å². The molecule has 1 saturated carbocycles. The van der Waals surface area contributed by atoms with Gasteiger partial charge in [0.05, 0.1) is 0 Å². The first-order valence-electron chi connectivity index (χ1n) is 4.49. The van der Waals surface area contributed by atoms with Crippen molar-refractivity contribution in [2.24, 2.45) is 0 Å². The maximum absolute atomic E-state index is 13.5. The molecule has 0 spiro atoms. The number of rotatable bonds is 2. The molecule has 2 nitrogen and oxygen atoms in total. The Hall–Kier alpha value is -0.150. The number of methoxy groups -OCH3 is 2. The van der Waals surface area contributed by atoms with Crippen LogP contribution in [0, 0.1) is 0 Å². The number of alkyl halides is 1. The number of hydrogen-bond acceptors (Lipinski definition) is 2. The number of hydrogen-bond donors (Lipinski definition) is 0. The van der Waals surface area contributed by atoms with Gasteiger partial charge in [-0.15, -0.1) is 0 Å². The molecule has 1 aliphatic rings. The summed E-state index contributed by atoms with van der Waals surface area (Å²) in [7, 11) is 3.03. The van der Waals surface area contributed by atoms with Crippen LogP contribution in [0.3, 0.4) is 0 Å². The van der Waals surface area contributed by atoms with Gasteiger partial charge in [-0.1, -0.05) is 12.8 Å². The Kier molecular flexibility index (Phi) is 3.47. The zero-order chi connectivity index (χ0) is 9.03. The van der Waals surface area contributed by atoms with E-state index in [0.29, 0.717) is 12.8 Å². The van der Waals surface area contributed by atoms with Crippen LogP contribution in [0.15, 0.2) is 0 Å². The van der Waals surface area contributed by atoms with Crippen molar-refractivity contribution in [1.29, 1.82) is 0 Å². The molecule has 1 rings (SSSR count). The summed E-state index contributed by atoms with van der Waals surface area (Å²) in [6, 6.07) is 0. The molecule has 0 saturated heterocycles. The van der Waals surface area contributed by atoms with E-state index in [1.54, 1.807) is 0 Å². The van der Waals surface area contributed by atoms with Crippen LogP contribution in [0.5, 0.6) is 0 Å². The van der Waals surface area contributed by atoms with E-state index < -0.39 is 12.0 Å². The van der Waals surface area contributed by atoms with Crippen LogP contribution in [-0.4, -0.2) is 26.2 Å². The van der Waals surface area contributed by atoms with E-state index in [9.17, 15) is 4.39 Å². The molecule has 1 atom stereocenters. The molecular formula is C9H17FO2. The van der Waals surface area contributed by atoms with Gasteiger partial charge in [0.2, 0.25) is 0 Å². The molecule has 0 N–H and O–H groups in total. The molecule has 0 heterocycles. The maximum atomic E-state index is 13.5. The summed E-state index contributed by atoms with van der Waals surface area (Å²) in [5.41, 5.74) is 0. The van der Waals surface area contributed by atoms with Gasteiger partial charge in [0, 0.05) is 20.6 Å². The highest BCUT2D eigenvalue weighted by Gasteiger charge is 2.40. The van der Waals surface area contributed by atoms with Crippen LogP contribution in [0.1, 0.15) is 32.1 Å². The highest BCUT2D eigenvalue weighted by atomic mass is 19.1. The van der Waals surface area contributed by atoms with Gasteiger partial charge in [-0.25, -0.2) is 4.39 Å². The van der Waals surface area contributed by atoms with Gasteiger partial charge in [-0.2, -0.15) is 0 Å². The van der Waals surface area contributed by atoms with Gasteiger partial charge in [-0.05, 0) is 12.8 Å². The molecule has 0 aromatic rings. The average Bonchev–Trinajstić information content (AvgIpc) is 2.28. The molecule has 0 aromatic carbocycles. The van der Waals surface area contributed by atoms with E-state index in [2.05, 4.69) is 0 Å². The lowest BCUT2D eigenvalue weighted by Crippen LogP contribution is -2.42. The quantitative estimate of drug-likeness (QED) is 0.474. The molecule has 1 fully saturated rings. The molecule has 72 valence electrons. The molecule has 12 heavy (non-hydrogen) atoms. The molecular weight excluding hydrogens is 159 g/mol. The van der Waals surface area contributed by atoms with Crippen LogP contribution >= 0.6 is 0 Å². The third-order valence-corrected chi connectivity index (χ3v) is 2.65. The molecule has 3 heteroatoms. The third-order valence-electron chi connectivity index (χ3n) is 2.65. The van der Waals surface area contributed by atoms with E-state index in [1.807, 2.05) is 0 Å². The Bertz CT molecular complexity index is 134. The van der Waals surface area contributed by atoms with Crippen molar-refractivity contribution in [2.45, 2.75) is 44.1 Å². The summed E-state index contributed by atoms with van der Waals surface area (Å²) in [5.74, 6) is -0.962. The predicted octanol–water partition coefficient (Wildman–Crippen LogP) is 2.28. The Labute approximate surface area is 73.0 Å². The van der Waals surface area contributed by atoms with E-state index >= 15 is 0 Å². The molecule has 0 aliphatic heterocycles. The van der Waals surface area contributed by atoms with Gasteiger partial charge in [0.1, 0.15) is 0 Å². The smallest absolute Gasteiger partial charge is 0.199 e. The van der Waals surface area contributed by atoms with E-state index in [1.165, 1.54) is 14.2 Å². The molecule has 1 aliphatic carbocycles. The lowest BCUT2D eigenvalue weighted by atomic mass is 10.1. The topological polar surface area (TPSA) is 18.5 Å². The highest BCUT2D eigenvalue weighted by molar-refractivity contribution is 4.82. The summed E-state index contributed by atoms with van der Waals surface area (Å²) in [6.07, 6.45) is 3.25. The summed E-state index contributed by atoms with van der Waals surface area (Å²) >= 11 is 0.